The largest absolute Gasteiger partial charge is 0.390 e. The quantitative estimate of drug-likeness (QED) is 0.890. The van der Waals surface area contributed by atoms with Crippen LogP contribution in [0.1, 0.15) is 33.1 Å². The van der Waals surface area contributed by atoms with Gasteiger partial charge in [-0.1, -0.05) is 24.3 Å². The third-order valence-corrected chi connectivity index (χ3v) is 3.79. The topological polar surface area (TPSA) is 49.3 Å². The molecule has 4 heteroatoms. The van der Waals surface area contributed by atoms with Crippen molar-refractivity contribution in [1.29, 1.82) is 0 Å². The summed E-state index contributed by atoms with van der Waals surface area (Å²) in [5.41, 5.74) is 2.91. The first-order chi connectivity index (χ1) is 10.0. The van der Waals surface area contributed by atoms with Gasteiger partial charge in [0, 0.05) is 12.0 Å². The second kappa shape index (κ2) is 5.30. The van der Waals surface area contributed by atoms with Crippen LogP contribution in [0.2, 0.25) is 0 Å². The molecule has 1 amide bonds. The van der Waals surface area contributed by atoms with Crippen LogP contribution in [0.15, 0.2) is 42.5 Å². The van der Waals surface area contributed by atoms with Crippen molar-refractivity contribution < 1.29 is 14.3 Å². The normalized spacial score (nSPS) is 20.1. The maximum Gasteiger partial charge on any atom is 0.251 e. The molecule has 0 bridgehead atoms. The lowest BCUT2D eigenvalue weighted by atomic mass is 10.1. The Morgan fingerprint density at radius 3 is 2.81 bits per heavy atom. The van der Waals surface area contributed by atoms with E-state index in [1.165, 1.54) is 12.1 Å². The van der Waals surface area contributed by atoms with Gasteiger partial charge >= 0.3 is 0 Å². The highest BCUT2D eigenvalue weighted by atomic mass is 19.1. The molecule has 21 heavy (non-hydrogen) atoms. The lowest BCUT2D eigenvalue weighted by Crippen LogP contribution is -2.33. The maximum absolute atomic E-state index is 13.4. The molecule has 0 saturated carbocycles. The van der Waals surface area contributed by atoms with Gasteiger partial charge < -0.3 is 10.4 Å². The van der Waals surface area contributed by atoms with Crippen LogP contribution < -0.4 is 5.32 Å². The molecule has 0 spiro atoms. The molecule has 0 aromatic heterocycles. The van der Waals surface area contributed by atoms with Gasteiger partial charge in [-0.25, -0.2) is 4.39 Å². The zero-order chi connectivity index (χ0) is 15.0. The average molecular weight is 285 g/mol. The Hall–Kier alpha value is -2.20. The lowest BCUT2D eigenvalue weighted by Gasteiger charge is -2.18. The van der Waals surface area contributed by atoms with E-state index in [9.17, 15) is 14.3 Å². The summed E-state index contributed by atoms with van der Waals surface area (Å²) in [6, 6.07) is 11.4. The Morgan fingerprint density at radius 1 is 1.29 bits per heavy atom. The molecule has 2 atom stereocenters. The number of nitrogens with one attached hydrogen (secondary N) is 1. The fourth-order valence-corrected chi connectivity index (χ4v) is 2.84. The summed E-state index contributed by atoms with van der Waals surface area (Å²) in [5.74, 6) is -0.814. The van der Waals surface area contributed by atoms with Crippen LogP contribution in [0.4, 0.5) is 4.39 Å². The number of carbonyl (C=O) groups excluding carboxylic acids is 1. The van der Waals surface area contributed by atoms with E-state index in [1.807, 2.05) is 24.3 Å². The molecule has 1 aliphatic rings. The first kappa shape index (κ1) is 13.8. The Balaban J connectivity index is 1.85. The molecular weight excluding hydrogens is 269 g/mol. The van der Waals surface area contributed by atoms with Gasteiger partial charge in [0.15, 0.2) is 0 Å². The highest BCUT2D eigenvalue weighted by Crippen LogP contribution is 2.31. The summed E-state index contributed by atoms with van der Waals surface area (Å²) in [4.78, 5) is 12.3. The highest BCUT2D eigenvalue weighted by molar-refractivity contribution is 5.94. The van der Waals surface area contributed by atoms with Crippen molar-refractivity contribution in [2.45, 2.75) is 25.5 Å². The van der Waals surface area contributed by atoms with Gasteiger partial charge in [-0.05, 0) is 41.8 Å². The number of fused-ring (bicyclic) bond motifs is 1. The van der Waals surface area contributed by atoms with Crippen molar-refractivity contribution >= 4 is 5.91 Å². The summed E-state index contributed by atoms with van der Waals surface area (Å²) >= 11 is 0. The van der Waals surface area contributed by atoms with Gasteiger partial charge in [-0.15, -0.1) is 0 Å². The van der Waals surface area contributed by atoms with Gasteiger partial charge in [0.2, 0.25) is 0 Å². The van der Waals surface area contributed by atoms with Gasteiger partial charge in [0.05, 0.1) is 12.1 Å². The summed E-state index contributed by atoms with van der Waals surface area (Å²) in [5, 5.41) is 12.9. The molecule has 1 aliphatic carbocycles. The van der Waals surface area contributed by atoms with E-state index in [0.717, 1.165) is 11.1 Å². The minimum atomic E-state index is -0.652. The molecule has 0 aliphatic heterocycles. The molecule has 0 heterocycles. The number of amides is 1. The average Bonchev–Trinajstić information content (AvgIpc) is 2.74. The zero-order valence-electron chi connectivity index (χ0n) is 11.6. The molecule has 0 saturated heterocycles. The molecule has 3 nitrogen and oxygen atoms in total. The second-order valence-electron chi connectivity index (χ2n) is 5.44. The van der Waals surface area contributed by atoms with Gasteiger partial charge in [-0.3, -0.25) is 4.79 Å². The van der Waals surface area contributed by atoms with Crippen molar-refractivity contribution in [3.8, 4) is 0 Å². The number of rotatable bonds is 2. The van der Waals surface area contributed by atoms with Crippen LogP contribution >= 0.6 is 0 Å². The fraction of sp³-hybridized carbons (Fsp3) is 0.235. The van der Waals surface area contributed by atoms with Crippen LogP contribution in [0, 0.1) is 12.7 Å². The Morgan fingerprint density at radius 2 is 2.05 bits per heavy atom. The summed E-state index contributed by atoms with van der Waals surface area (Å²) in [6.07, 6.45) is -0.135. The van der Waals surface area contributed by atoms with E-state index in [-0.39, 0.29) is 11.5 Å². The number of aliphatic hydroxyl groups is 1. The van der Waals surface area contributed by atoms with Crippen molar-refractivity contribution in [1.82, 2.24) is 5.32 Å². The first-order valence-corrected chi connectivity index (χ1v) is 6.88. The summed E-state index contributed by atoms with van der Waals surface area (Å²) in [7, 11) is 0. The van der Waals surface area contributed by atoms with Gasteiger partial charge in [0.25, 0.3) is 5.91 Å². The summed E-state index contributed by atoms with van der Waals surface area (Å²) < 4.78 is 13.4. The molecule has 2 N–H and O–H groups in total. The van der Waals surface area contributed by atoms with E-state index >= 15 is 0 Å². The first-order valence-electron chi connectivity index (χ1n) is 6.88. The zero-order valence-corrected chi connectivity index (χ0v) is 11.6. The molecule has 2 aromatic rings. The SMILES string of the molecule is Cc1cc(F)cc(C(=O)N[C@H]2c3ccccc3C[C@H]2O)c1. The van der Waals surface area contributed by atoms with E-state index < -0.39 is 18.0 Å². The monoisotopic (exact) mass is 285 g/mol. The third kappa shape index (κ3) is 2.67. The molecule has 2 aromatic carbocycles. The van der Waals surface area contributed by atoms with Crippen LogP contribution in [0.3, 0.4) is 0 Å². The number of hydrogen-bond acceptors (Lipinski definition) is 2. The Bertz CT molecular complexity index is 679. The number of benzene rings is 2. The number of carbonyl (C=O) groups is 1. The van der Waals surface area contributed by atoms with Gasteiger partial charge in [-0.2, -0.15) is 0 Å². The van der Waals surface area contributed by atoms with Crippen LogP contribution in [-0.2, 0) is 6.42 Å². The van der Waals surface area contributed by atoms with E-state index in [4.69, 9.17) is 0 Å². The lowest BCUT2D eigenvalue weighted by molar-refractivity contribution is 0.0857. The van der Waals surface area contributed by atoms with Gasteiger partial charge in [0.1, 0.15) is 5.82 Å². The predicted molar refractivity (Wildman–Crippen MR) is 77.5 cm³/mol. The van der Waals surface area contributed by atoms with Crippen molar-refractivity contribution in [3.63, 3.8) is 0 Å². The minimum absolute atomic E-state index is 0.268. The Labute approximate surface area is 122 Å². The van der Waals surface area contributed by atoms with Crippen LogP contribution in [-0.4, -0.2) is 17.1 Å². The minimum Gasteiger partial charge on any atom is -0.390 e. The van der Waals surface area contributed by atoms with E-state index in [0.29, 0.717) is 12.0 Å². The van der Waals surface area contributed by atoms with Crippen molar-refractivity contribution in [2.75, 3.05) is 0 Å². The maximum atomic E-state index is 13.4. The molecular formula is C17H16FNO2. The second-order valence-corrected chi connectivity index (χ2v) is 5.44. The van der Waals surface area contributed by atoms with Crippen LogP contribution in [0.5, 0.6) is 0 Å². The standard InChI is InChI=1S/C17H16FNO2/c1-10-6-12(8-13(18)7-10)17(21)19-16-14-5-3-2-4-11(14)9-15(16)20/h2-8,15-16,20H,9H2,1H3,(H,19,21)/t15-,16+/m1/s1. The fourth-order valence-electron chi connectivity index (χ4n) is 2.84. The summed E-state index contributed by atoms with van der Waals surface area (Å²) in [6.45, 7) is 1.74. The van der Waals surface area contributed by atoms with E-state index in [2.05, 4.69) is 5.32 Å². The number of aryl methyl sites for hydroxylation is 1. The molecule has 3 rings (SSSR count). The number of aliphatic hydroxyl groups excluding tert-OH is 1. The van der Waals surface area contributed by atoms with Crippen molar-refractivity contribution in [3.05, 3.63) is 70.5 Å². The predicted octanol–water partition coefficient (Wildman–Crippen LogP) is 2.52. The van der Waals surface area contributed by atoms with Crippen LogP contribution in [0.25, 0.3) is 0 Å². The van der Waals surface area contributed by atoms with E-state index in [1.54, 1.807) is 13.0 Å². The number of hydrogen-bond donors (Lipinski definition) is 2. The number of halogens is 1. The third-order valence-electron chi connectivity index (χ3n) is 3.79. The smallest absolute Gasteiger partial charge is 0.251 e. The molecule has 0 fully saturated rings. The molecule has 0 radical (unpaired) electrons. The molecule has 0 unspecified atom stereocenters. The molecule has 108 valence electrons. The van der Waals surface area contributed by atoms with Crippen molar-refractivity contribution in [2.24, 2.45) is 0 Å². The Kier molecular flexibility index (Phi) is 3.47. The highest BCUT2D eigenvalue weighted by Gasteiger charge is 2.32.